The van der Waals surface area contributed by atoms with Gasteiger partial charge in [-0.2, -0.15) is 52.7 Å². The number of nitrogens with zero attached hydrogens (tertiary/aromatic N) is 2. The molecule has 80 heavy (non-hydrogen) atoms. The van der Waals surface area contributed by atoms with E-state index < -0.39 is 102 Å². The van der Waals surface area contributed by atoms with Gasteiger partial charge in [-0.15, -0.1) is 0 Å². The molecular weight excluding hydrogens is 1130 g/mol. The maximum absolute atomic E-state index is 12.6. The lowest BCUT2D eigenvalue weighted by Gasteiger charge is -2.39. The van der Waals surface area contributed by atoms with Crippen LogP contribution in [0.1, 0.15) is 180 Å². The quantitative estimate of drug-likeness (QED) is 0.0337. The number of unbranched alkanes of at least 4 members (excludes halogenated alkanes) is 8. The maximum atomic E-state index is 12.6. The molecule has 0 aromatic heterocycles. The number of rotatable bonds is 30. The lowest BCUT2D eigenvalue weighted by Crippen LogP contribution is -2.50. The van der Waals surface area contributed by atoms with E-state index >= 15 is 0 Å². The predicted octanol–water partition coefficient (Wildman–Crippen LogP) is 14.7. The molecule has 0 radical (unpaired) electrons. The van der Waals surface area contributed by atoms with E-state index in [0.717, 1.165) is 0 Å². The number of quaternary nitrogens is 2. The van der Waals surface area contributed by atoms with Crippen LogP contribution in [-0.2, 0) is 44.9 Å². The molecular formula is C52H86F12N6O8S2. The lowest BCUT2D eigenvalue weighted by molar-refractivity contribution is -0.929. The van der Waals surface area contributed by atoms with Gasteiger partial charge in [0.25, 0.3) is 0 Å². The highest BCUT2D eigenvalue weighted by Gasteiger charge is 2.39. The van der Waals surface area contributed by atoms with Crippen LogP contribution >= 0.6 is 0 Å². The van der Waals surface area contributed by atoms with Gasteiger partial charge in [-0.05, 0) is 87.8 Å². The van der Waals surface area contributed by atoms with E-state index in [1.807, 2.05) is 0 Å². The average Bonchev–Trinajstić information content (AvgIpc) is 3.35. The van der Waals surface area contributed by atoms with E-state index in [4.69, 9.17) is 0 Å². The molecule has 0 fully saturated rings. The number of carbonyl (C=O) groups excluding carboxylic acids is 2. The van der Waals surface area contributed by atoms with Crippen molar-refractivity contribution in [3.63, 3.8) is 0 Å². The molecule has 4 N–H and O–H groups in total. The zero-order valence-electron chi connectivity index (χ0n) is 47.4. The smallest absolute Gasteiger partial charge is 0.416 e. The Hall–Kier alpha value is -4.12. The zero-order chi connectivity index (χ0) is 62.1. The standard InChI is InChI=1S/2C16H36N.2C10H8F6N2O4S/c2*1-5-9-13-17(14-10-6-2,15-11-7-3)16-12-8-4;2*11-9(12,13)5-1-6(10(14,15)16)3-7(2-5)18-8(19)17-4-23(20,21)22/h2*5-16H2,1-4H3;2*1-3H,4H2,(H2,17,18,19)(H,20,21,22)/q2*+1;;/p-2. The molecule has 2 rings (SSSR count). The van der Waals surface area contributed by atoms with Crippen molar-refractivity contribution in [2.45, 2.75) is 183 Å². The molecule has 0 spiro atoms. The van der Waals surface area contributed by atoms with Crippen molar-refractivity contribution in [1.29, 1.82) is 0 Å². The highest BCUT2D eigenvalue weighted by molar-refractivity contribution is 7.85. The van der Waals surface area contributed by atoms with Crippen LogP contribution in [0.5, 0.6) is 0 Å². The molecule has 0 saturated carbocycles. The maximum Gasteiger partial charge on any atom is 0.416 e. The minimum Gasteiger partial charge on any atom is -0.747 e. The minimum absolute atomic E-state index is 0.148. The molecule has 0 aliphatic carbocycles. The zero-order valence-corrected chi connectivity index (χ0v) is 49.0. The summed E-state index contributed by atoms with van der Waals surface area (Å²) in [6.07, 6.45) is 1.70. The Kier molecular flexibility index (Phi) is 36.9. The molecule has 2 aromatic carbocycles. The summed E-state index contributed by atoms with van der Waals surface area (Å²) >= 11 is 0. The van der Waals surface area contributed by atoms with Crippen molar-refractivity contribution < 1.29 is 97.2 Å². The number of urea groups is 2. The topological polar surface area (TPSA) is 197 Å². The Balaban J connectivity index is 0. The molecule has 0 bridgehead atoms. The van der Waals surface area contributed by atoms with Crippen molar-refractivity contribution >= 4 is 43.7 Å². The fourth-order valence-electron chi connectivity index (χ4n) is 8.00. The molecule has 28 heteroatoms. The molecule has 14 nitrogen and oxygen atoms in total. The predicted molar refractivity (Wildman–Crippen MR) is 285 cm³/mol. The Morgan fingerprint density at radius 3 is 0.688 bits per heavy atom. The number of benzene rings is 2. The summed E-state index contributed by atoms with van der Waals surface area (Å²) < 4.78 is 215. The number of hydrogen-bond acceptors (Lipinski definition) is 8. The number of carbonyl (C=O) groups is 2. The van der Waals surface area contributed by atoms with Crippen molar-refractivity contribution in [3.8, 4) is 0 Å². The number of amides is 4. The lowest BCUT2D eigenvalue weighted by atomic mass is 10.1. The fourth-order valence-corrected chi connectivity index (χ4v) is 8.62. The normalized spacial score (nSPS) is 12.5. The molecule has 0 heterocycles. The Morgan fingerprint density at radius 1 is 0.375 bits per heavy atom. The number of anilines is 2. The van der Waals surface area contributed by atoms with Gasteiger partial charge in [-0.1, -0.05) is 107 Å². The molecule has 468 valence electrons. The third kappa shape index (κ3) is 36.4. The van der Waals surface area contributed by atoms with Crippen LogP contribution in [0.4, 0.5) is 73.6 Å². The first kappa shape index (κ1) is 77.9. The highest BCUT2D eigenvalue weighted by Crippen LogP contribution is 2.39. The first-order valence-electron chi connectivity index (χ1n) is 27.1. The van der Waals surface area contributed by atoms with E-state index in [1.165, 1.54) is 175 Å². The second-order valence-corrected chi connectivity index (χ2v) is 22.4. The van der Waals surface area contributed by atoms with Crippen molar-refractivity contribution in [2.24, 2.45) is 0 Å². The molecule has 4 amide bonds. The van der Waals surface area contributed by atoms with Gasteiger partial charge in [0.15, 0.2) is 0 Å². The minimum atomic E-state index is -5.10. The molecule has 0 aliphatic heterocycles. The largest absolute Gasteiger partial charge is 0.747 e. The average molecular weight is 1220 g/mol. The van der Waals surface area contributed by atoms with Crippen molar-refractivity contribution in [2.75, 3.05) is 74.7 Å². The molecule has 0 saturated heterocycles. The number of nitrogens with one attached hydrogen (secondary N) is 4. The Labute approximate surface area is 466 Å². The van der Waals surface area contributed by atoms with Gasteiger partial charge in [0.2, 0.25) is 0 Å². The summed E-state index contributed by atoms with van der Waals surface area (Å²) in [6, 6.07) is -2.33. The second kappa shape index (κ2) is 37.9. The summed E-state index contributed by atoms with van der Waals surface area (Å²) in [5, 5.41) is 6.12. The summed E-state index contributed by atoms with van der Waals surface area (Å²) in [5.41, 5.74) is -8.43. The van der Waals surface area contributed by atoms with Gasteiger partial charge in [-0.3, -0.25) is 0 Å². The van der Waals surface area contributed by atoms with Gasteiger partial charge in [-0.25, -0.2) is 26.4 Å². The van der Waals surface area contributed by atoms with Gasteiger partial charge < -0.3 is 39.3 Å². The van der Waals surface area contributed by atoms with Crippen molar-refractivity contribution in [3.05, 3.63) is 58.7 Å². The van der Waals surface area contributed by atoms with Crippen LogP contribution in [0.3, 0.4) is 0 Å². The number of hydrogen-bond donors (Lipinski definition) is 4. The summed E-state index contributed by atoms with van der Waals surface area (Å²) in [5.74, 6) is -2.77. The van der Waals surface area contributed by atoms with Gasteiger partial charge >= 0.3 is 36.8 Å². The van der Waals surface area contributed by atoms with Crippen LogP contribution in [0.25, 0.3) is 0 Å². The van der Waals surface area contributed by atoms with E-state index in [-0.39, 0.29) is 36.4 Å². The summed E-state index contributed by atoms with van der Waals surface area (Å²) in [4.78, 5) is 22.4. The third-order valence-corrected chi connectivity index (χ3v) is 13.4. The van der Waals surface area contributed by atoms with E-state index in [9.17, 15) is 88.2 Å². The van der Waals surface area contributed by atoms with Gasteiger partial charge in [0, 0.05) is 11.4 Å². The fraction of sp³-hybridized carbons (Fsp3) is 0.731. The van der Waals surface area contributed by atoms with E-state index in [0.29, 0.717) is 0 Å². The van der Waals surface area contributed by atoms with Crippen LogP contribution in [0, 0.1) is 0 Å². The molecule has 2 aromatic rings. The SMILES string of the molecule is CCCC[N+](CCCC)(CCCC)CCCC.CCCC[N+](CCCC)(CCCC)CCCC.O=C(NCS(=O)(=O)[O-])Nc1cc(C(F)(F)F)cc(C(F)(F)F)c1.O=C(NCS(=O)(=O)[O-])Nc1cc(C(F)(F)F)cc(C(F)(F)F)c1. The first-order chi connectivity index (χ1) is 36.9. The van der Waals surface area contributed by atoms with Crippen LogP contribution in [0.15, 0.2) is 36.4 Å². The Bertz CT molecular complexity index is 1990. The van der Waals surface area contributed by atoms with E-state index in [2.05, 4.69) is 55.4 Å². The van der Waals surface area contributed by atoms with Crippen molar-refractivity contribution in [1.82, 2.24) is 10.6 Å². The second-order valence-electron chi connectivity index (χ2n) is 19.6. The van der Waals surface area contributed by atoms with Crippen LogP contribution in [0.2, 0.25) is 0 Å². The van der Waals surface area contributed by atoms with Crippen LogP contribution < -0.4 is 21.3 Å². The summed E-state index contributed by atoms with van der Waals surface area (Å²) in [7, 11) is -9.71. The van der Waals surface area contributed by atoms with Crippen LogP contribution in [-0.4, -0.2) is 111 Å². The highest BCUT2D eigenvalue weighted by atomic mass is 32.2. The monoisotopic (exact) mass is 1210 g/mol. The number of alkyl halides is 12. The third-order valence-electron chi connectivity index (χ3n) is 12.4. The molecule has 0 unspecified atom stereocenters. The molecule has 0 atom stereocenters. The first-order valence-corrected chi connectivity index (χ1v) is 30.3. The number of halogens is 12. The summed E-state index contributed by atoms with van der Waals surface area (Å²) in [6.45, 7) is 30.0. The molecule has 0 aliphatic rings. The Morgan fingerprint density at radius 2 is 0.550 bits per heavy atom. The van der Waals surface area contributed by atoms with Gasteiger partial charge in [0.05, 0.1) is 74.6 Å². The van der Waals surface area contributed by atoms with Gasteiger partial charge in [0.1, 0.15) is 32.0 Å². The van der Waals surface area contributed by atoms with E-state index in [1.54, 1.807) is 10.6 Å².